The van der Waals surface area contributed by atoms with Crippen molar-refractivity contribution in [2.24, 2.45) is 0 Å². The van der Waals surface area contributed by atoms with Gasteiger partial charge in [-0.2, -0.15) is 5.26 Å². The first kappa shape index (κ1) is 28.0. The fraction of sp³-hybridized carbons (Fsp3) is 0.424. The number of aliphatic hydroxyl groups excluding tert-OH is 1. The zero-order chi connectivity index (χ0) is 29.8. The number of fused-ring (bicyclic) bond motifs is 3. The Balaban J connectivity index is 1.51. The van der Waals surface area contributed by atoms with Gasteiger partial charge in [-0.25, -0.2) is 4.39 Å². The van der Waals surface area contributed by atoms with Gasteiger partial charge < -0.3 is 24.6 Å². The molecule has 0 radical (unpaired) electrons. The highest BCUT2D eigenvalue weighted by Gasteiger charge is 2.45. The third-order valence-electron chi connectivity index (χ3n) is 9.60. The lowest BCUT2D eigenvalue weighted by molar-refractivity contribution is 0.0145. The summed E-state index contributed by atoms with van der Waals surface area (Å²) in [5.41, 5.74) is 3.25. The van der Waals surface area contributed by atoms with Crippen molar-refractivity contribution in [3.63, 3.8) is 0 Å². The minimum absolute atomic E-state index is 0.165. The van der Waals surface area contributed by atoms with Gasteiger partial charge in [0.1, 0.15) is 22.8 Å². The molecule has 1 saturated heterocycles. The third kappa shape index (κ3) is 4.36. The fourth-order valence-corrected chi connectivity index (χ4v) is 6.70. The van der Waals surface area contributed by atoms with Crippen molar-refractivity contribution < 1.29 is 23.8 Å². The Morgan fingerprint density at radius 3 is 2.45 bits per heavy atom. The van der Waals surface area contributed by atoms with Crippen LogP contribution < -0.4 is 10.1 Å². The molecule has 2 aliphatic heterocycles. The standard InChI is InChI=1S/C33H35FN4O4/c1-20(39)32(2)11-5-14-38(32)31(41)27-18-25(21-6-8-23(34)9-7-21)29-24-17-26(30(40)36-33(19-35)12-4-13-33)28(42-3)16-22(24)10-15-37(27)29/h6-9,16-18,20,39H,4-5,10-15H2,1-3H3,(H,36,40)/t20-,32-/m1/s1. The van der Waals surface area contributed by atoms with Crippen molar-refractivity contribution in [2.45, 2.75) is 76.1 Å². The molecule has 1 saturated carbocycles. The average molecular weight is 571 g/mol. The minimum atomic E-state index is -0.872. The number of carbonyl (C=O) groups is 2. The van der Waals surface area contributed by atoms with E-state index in [0.717, 1.165) is 40.8 Å². The molecule has 2 atom stereocenters. The van der Waals surface area contributed by atoms with Crippen molar-refractivity contribution in [3.05, 3.63) is 65.1 Å². The normalized spacial score (nSPS) is 21.0. The van der Waals surface area contributed by atoms with Gasteiger partial charge in [0.2, 0.25) is 0 Å². The maximum absolute atomic E-state index is 14.2. The van der Waals surface area contributed by atoms with Crippen molar-refractivity contribution in [1.29, 1.82) is 5.26 Å². The van der Waals surface area contributed by atoms with Crippen LogP contribution in [0.2, 0.25) is 0 Å². The molecule has 1 aromatic heterocycles. The van der Waals surface area contributed by atoms with E-state index in [4.69, 9.17) is 4.74 Å². The maximum atomic E-state index is 14.2. The van der Waals surface area contributed by atoms with Gasteiger partial charge in [-0.3, -0.25) is 9.59 Å². The van der Waals surface area contributed by atoms with Crippen molar-refractivity contribution >= 4 is 11.8 Å². The number of aromatic nitrogens is 1. The van der Waals surface area contributed by atoms with Gasteiger partial charge in [0.05, 0.1) is 36.1 Å². The summed E-state index contributed by atoms with van der Waals surface area (Å²) in [5.74, 6) is -0.493. The minimum Gasteiger partial charge on any atom is -0.496 e. The zero-order valence-corrected chi connectivity index (χ0v) is 24.2. The highest BCUT2D eigenvalue weighted by molar-refractivity contribution is 6.02. The second-order valence-corrected chi connectivity index (χ2v) is 12.0. The molecule has 0 spiro atoms. The number of likely N-dealkylation sites (tertiary alicyclic amines) is 1. The number of hydrogen-bond donors (Lipinski definition) is 2. The van der Waals surface area contributed by atoms with Crippen LogP contribution in [0.3, 0.4) is 0 Å². The van der Waals surface area contributed by atoms with Crippen LogP contribution in [-0.4, -0.2) is 57.2 Å². The first-order chi connectivity index (χ1) is 20.1. The molecule has 2 aromatic carbocycles. The van der Waals surface area contributed by atoms with Gasteiger partial charge in [-0.1, -0.05) is 12.1 Å². The highest BCUT2D eigenvalue weighted by Crippen LogP contribution is 2.44. The molecule has 9 heteroatoms. The lowest BCUT2D eigenvalue weighted by Crippen LogP contribution is -2.52. The van der Waals surface area contributed by atoms with Gasteiger partial charge in [-0.15, -0.1) is 0 Å². The average Bonchev–Trinajstić information content (AvgIpc) is 3.56. The van der Waals surface area contributed by atoms with Gasteiger partial charge in [0.15, 0.2) is 0 Å². The zero-order valence-electron chi connectivity index (χ0n) is 24.2. The van der Waals surface area contributed by atoms with Crippen molar-refractivity contribution in [1.82, 2.24) is 14.8 Å². The number of nitriles is 1. The molecular formula is C33H35FN4O4. The van der Waals surface area contributed by atoms with E-state index in [1.54, 1.807) is 30.0 Å². The number of nitrogens with zero attached hydrogens (tertiary/aromatic N) is 3. The van der Waals surface area contributed by atoms with Crippen LogP contribution in [0.5, 0.6) is 5.75 Å². The Kier molecular flexibility index (Phi) is 6.85. The molecule has 6 rings (SSSR count). The molecule has 3 aliphatic rings. The quantitative estimate of drug-likeness (QED) is 0.430. The number of hydrogen-bond acceptors (Lipinski definition) is 5. The summed E-state index contributed by atoms with van der Waals surface area (Å²) in [6, 6.07) is 13.9. The summed E-state index contributed by atoms with van der Waals surface area (Å²) in [4.78, 5) is 29.5. The number of ether oxygens (including phenoxy) is 1. The predicted octanol–water partition coefficient (Wildman–Crippen LogP) is 5.08. The number of methoxy groups -OCH3 is 1. The Bertz CT molecular complexity index is 1620. The summed E-state index contributed by atoms with van der Waals surface area (Å²) in [6.07, 6.45) is 3.51. The van der Waals surface area contributed by atoms with E-state index < -0.39 is 17.2 Å². The van der Waals surface area contributed by atoms with Gasteiger partial charge in [0.25, 0.3) is 11.8 Å². The Hall–Kier alpha value is -4.16. The molecule has 3 heterocycles. The number of aryl methyl sites for hydroxylation is 1. The molecule has 0 unspecified atom stereocenters. The van der Waals surface area contributed by atoms with Crippen molar-refractivity contribution in [2.75, 3.05) is 13.7 Å². The molecule has 1 aliphatic carbocycles. The summed E-state index contributed by atoms with van der Waals surface area (Å²) in [7, 11) is 1.52. The molecule has 0 bridgehead atoms. The van der Waals surface area contributed by atoms with Gasteiger partial charge in [0, 0.05) is 24.2 Å². The second-order valence-electron chi connectivity index (χ2n) is 12.0. The number of benzene rings is 2. The molecule has 218 valence electrons. The molecular weight excluding hydrogens is 535 g/mol. The number of rotatable bonds is 6. The molecule has 8 nitrogen and oxygen atoms in total. The van der Waals surface area contributed by atoms with E-state index in [0.29, 0.717) is 55.8 Å². The van der Waals surface area contributed by atoms with Crippen LogP contribution in [0.25, 0.3) is 22.4 Å². The first-order valence-electron chi connectivity index (χ1n) is 14.6. The summed E-state index contributed by atoms with van der Waals surface area (Å²) < 4.78 is 21.5. The molecule has 2 N–H and O–H groups in total. The molecule has 42 heavy (non-hydrogen) atoms. The summed E-state index contributed by atoms with van der Waals surface area (Å²) in [6.45, 7) is 4.72. The number of nitrogens with one attached hydrogen (secondary N) is 1. The molecule has 2 amide bonds. The monoisotopic (exact) mass is 570 g/mol. The topological polar surface area (TPSA) is 108 Å². The van der Waals surface area contributed by atoms with E-state index in [1.807, 2.05) is 23.6 Å². The first-order valence-corrected chi connectivity index (χ1v) is 14.6. The molecule has 2 fully saturated rings. The number of amides is 2. The maximum Gasteiger partial charge on any atom is 0.271 e. The highest BCUT2D eigenvalue weighted by atomic mass is 19.1. The van der Waals surface area contributed by atoms with Crippen LogP contribution >= 0.6 is 0 Å². The van der Waals surface area contributed by atoms with Crippen LogP contribution in [0.1, 0.15) is 72.4 Å². The fourth-order valence-electron chi connectivity index (χ4n) is 6.70. The number of aliphatic hydroxyl groups is 1. The Morgan fingerprint density at radius 1 is 1.10 bits per heavy atom. The SMILES string of the molecule is COc1cc2c(cc1C(=O)NC1(C#N)CCC1)-c1c(-c3ccc(F)cc3)cc(C(=O)N3CCC[C@]3(C)[C@@H](C)O)n1CC2. The van der Waals surface area contributed by atoms with Gasteiger partial charge >= 0.3 is 0 Å². The van der Waals surface area contributed by atoms with E-state index >= 15 is 0 Å². The van der Waals surface area contributed by atoms with Crippen LogP contribution in [0, 0.1) is 17.1 Å². The van der Waals surface area contributed by atoms with E-state index in [2.05, 4.69) is 11.4 Å². The van der Waals surface area contributed by atoms with E-state index in [-0.39, 0.29) is 17.6 Å². The smallest absolute Gasteiger partial charge is 0.271 e. The van der Waals surface area contributed by atoms with Crippen LogP contribution in [0.4, 0.5) is 4.39 Å². The third-order valence-corrected chi connectivity index (χ3v) is 9.60. The lowest BCUT2D eigenvalue weighted by Gasteiger charge is -2.38. The van der Waals surface area contributed by atoms with Crippen LogP contribution in [0.15, 0.2) is 42.5 Å². The predicted molar refractivity (Wildman–Crippen MR) is 156 cm³/mol. The van der Waals surface area contributed by atoms with Crippen molar-refractivity contribution in [3.8, 4) is 34.2 Å². The lowest BCUT2D eigenvalue weighted by atomic mass is 9.78. The van der Waals surface area contributed by atoms with Crippen LogP contribution in [-0.2, 0) is 13.0 Å². The summed E-state index contributed by atoms with van der Waals surface area (Å²) >= 11 is 0. The van der Waals surface area contributed by atoms with E-state index in [1.165, 1.54) is 19.2 Å². The largest absolute Gasteiger partial charge is 0.496 e. The Morgan fingerprint density at radius 2 is 1.83 bits per heavy atom. The number of carbonyl (C=O) groups excluding carboxylic acids is 2. The van der Waals surface area contributed by atoms with Gasteiger partial charge in [-0.05, 0) is 93.8 Å². The van der Waals surface area contributed by atoms with E-state index in [9.17, 15) is 24.3 Å². The molecule has 3 aromatic rings. The number of halogens is 1. The Labute approximate surface area is 244 Å². The second kappa shape index (κ2) is 10.3. The summed E-state index contributed by atoms with van der Waals surface area (Å²) in [5, 5.41) is 23.2.